The summed E-state index contributed by atoms with van der Waals surface area (Å²) in [7, 11) is 3.21. The van der Waals surface area contributed by atoms with Gasteiger partial charge in [-0.1, -0.05) is 19.3 Å². The highest BCUT2D eigenvalue weighted by Crippen LogP contribution is 2.35. The van der Waals surface area contributed by atoms with Crippen molar-refractivity contribution in [1.29, 1.82) is 0 Å². The maximum Gasteiger partial charge on any atom is 0.261 e. The van der Waals surface area contributed by atoms with Crippen molar-refractivity contribution in [2.75, 3.05) is 14.2 Å². The highest BCUT2D eigenvalue weighted by Gasteiger charge is 2.41. The monoisotopic (exact) mass is 462 g/mol. The van der Waals surface area contributed by atoms with E-state index in [9.17, 15) is 14.4 Å². The van der Waals surface area contributed by atoms with E-state index in [1.165, 1.54) is 4.90 Å². The average molecular weight is 463 g/mol. The molecular weight excluding hydrogens is 432 g/mol. The first-order chi connectivity index (χ1) is 16.5. The first kappa shape index (κ1) is 22.4. The maximum absolute atomic E-state index is 13.6. The number of nitrogens with zero attached hydrogens (tertiary/aromatic N) is 2. The number of methoxy groups -OCH3 is 2. The summed E-state index contributed by atoms with van der Waals surface area (Å²) in [5.41, 5.74) is 2.04. The maximum atomic E-state index is 13.6. The van der Waals surface area contributed by atoms with Crippen LogP contribution >= 0.6 is 0 Å². The number of hydrogen-bond donors (Lipinski definition) is 0. The van der Waals surface area contributed by atoms with Crippen molar-refractivity contribution >= 4 is 17.7 Å². The highest BCUT2D eigenvalue weighted by molar-refractivity contribution is 6.22. The summed E-state index contributed by atoms with van der Waals surface area (Å²) >= 11 is 0. The second-order valence-electron chi connectivity index (χ2n) is 9.37. The molecule has 0 spiro atoms. The zero-order chi connectivity index (χ0) is 23.8. The van der Waals surface area contributed by atoms with E-state index in [0.717, 1.165) is 50.5 Å². The molecule has 34 heavy (non-hydrogen) atoms. The van der Waals surface area contributed by atoms with Gasteiger partial charge in [0.25, 0.3) is 17.7 Å². The fraction of sp³-hybridized carbons (Fsp3) is 0.444. The van der Waals surface area contributed by atoms with Gasteiger partial charge in [-0.3, -0.25) is 19.3 Å². The molecule has 0 N–H and O–H groups in total. The zero-order valence-corrected chi connectivity index (χ0v) is 19.7. The average Bonchev–Trinajstić information content (AvgIpc) is 3.68. The molecule has 2 aromatic carbocycles. The molecule has 7 heteroatoms. The molecule has 3 aliphatic rings. The number of hydrogen-bond acceptors (Lipinski definition) is 5. The lowest BCUT2D eigenvalue weighted by Gasteiger charge is -2.29. The van der Waals surface area contributed by atoms with Crippen molar-refractivity contribution in [1.82, 2.24) is 9.80 Å². The number of imide groups is 1. The molecule has 0 aromatic heterocycles. The number of benzene rings is 2. The summed E-state index contributed by atoms with van der Waals surface area (Å²) in [4.78, 5) is 43.0. The van der Waals surface area contributed by atoms with Crippen LogP contribution in [0.5, 0.6) is 11.5 Å². The van der Waals surface area contributed by atoms with Gasteiger partial charge >= 0.3 is 0 Å². The minimum absolute atomic E-state index is 0.0382. The van der Waals surface area contributed by atoms with E-state index in [0.29, 0.717) is 34.7 Å². The minimum atomic E-state index is -0.269. The van der Waals surface area contributed by atoms with Crippen LogP contribution < -0.4 is 9.47 Å². The van der Waals surface area contributed by atoms with Crippen LogP contribution in [0.15, 0.2) is 36.4 Å². The smallest absolute Gasteiger partial charge is 0.261 e. The third-order valence-electron chi connectivity index (χ3n) is 7.18. The minimum Gasteiger partial charge on any atom is -0.497 e. The van der Waals surface area contributed by atoms with Gasteiger partial charge in [-0.15, -0.1) is 0 Å². The molecule has 0 radical (unpaired) electrons. The molecule has 2 aliphatic carbocycles. The highest BCUT2D eigenvalue weighted by atomic mass is 16.5. The Morgan fingerprint density at radius 1 is 0.912 bits per heavy atom. The quantitative estimate of drug-likeness (QED) is 0.569. The van der Waals surface area contributed by atoms with Crippen LogP contribution in [0.1, 0.15) is 81.6 Å². The molecule has 178 valence electrons. The van der Waals surface area contributed by atoms with E-state index in [4.69, 9.17) is 9.47 Å². The molecule has 0 unspecified atom stereocenters. The largest absolute Gasteiger partial charge is 0.497 e. The molecule has 3 amide bonds. The lowest BCUT2D eigenvalue weighted by molar-refractivity contribution is 0.0548. The first-order valence-electron chi connectivity index (χ1n) is 12.1. The lowest BCUT2D eigenvalue weighted by Crippen LogP contribution is -2.40. The number of rotatable bonds is 7. The number of carbonyl (C=O) groups excluding carboxylic acids is 3. The second kappa shape index (κ2) is 9.12. The summed E-state index contributed by atoms with van der Waals surface area (Å²) < 4.78 is 10.9. The van der Waals surface area contributed by atoms with E-state index in [2.05, 4.69) is 0 Å². The number of amides is 3. The van der Waals surface area contributed by atoms with Gasteiger partial charge in [-0.05, 0) is 62.1 Å². The van der Waals surface area contributed by atoms with Crippen LogP contribution in [0.2, 0.25) is 0 Å². The number of carbonyl (C=O) groups is 3. The van der Waals surface area contributed by atoms with Gasteiger partial charge in [0.05, 0.1) is 31.9 Å². The van der Waals surface area contributed by atoms with Crippen LogP contribution in [-0.2, 0) is 6.54 Å². The normalized spacial score (nSPS) is 18.1. The van der Waals surface area contributed by atoms with Gasteiger partial charge in [-0.25, -0.2) is 0 Å². The van der Waals surface area contributed by atoms with Gasteiger partial charge in [-0.2, -0.15) is 0 Å². The summed E-state index contributed by atoms with van der Waals surface area (Å²) in [5.74, 6) is 0.743. The van der Waals surface area contributed by atoms with E-state index >= 15 is 0 Å². The van der Waals surface area contributed by atoms with Crippen molar-refractivity contribution in [3.63, 3.8) is 0 Å². The molecule has 5 rings (SSSR count). The van der Waals surface area contributed by atoms with Crippen molar-refractivity contribution in [2.45, 2.75) is 63.6 Å². The molecule has 0 saturated heterocycles. The molecule has 2 fully saturated rings. The lowest BCUT2D eigenvalue weighted by atomic mass is 9.94. The summed E-state index contributed by atoms with van der Waals surface area (Å²) in [6, 6.07) is 10.6. The fourth-order valence-electron chi connectivity index (χ4n) is 5.17. The Morgan fingerprint density at radius 2 is 1.65 bits per heavy atom. The number of fused-ring (bicyclic) bond motifs is 1. The molecular formula is C27H30N2O5. The zero-order valence-electron chi connectivity index (χ0n) is 19.7. The Hall–Kier alpha value is -3.35. The van der Waals surface area contributed by atoms with Crippen molar-refractivity contribution in [3.8, 4) is 11.5 Å². The van der Waals surface area contributed by atoms with Crippen LogP contribution in [0.3, 0.4) is 0 Å². The Bertz CT molecular complexity index is 1130. The van der Waals surface area contributed by atoms with Crippen LogP contribution in [-0.4, -0.2) is 53.8 Å². The van der Waals surface area contributed by atoms with Crippen LogP contribution in [0, 0.1) is 0 Å². The van der Waals surface area contributed by atoms with E-state index in [-0.39, 0.29) is 29.8 Å². The van der Waals surface area contributed by atoms with E-state index in [1.807, 2.05) is 23.1 Å². The fourth-order valence-corrected chi connectivity index (χ4v) is 5.17. The second-order valence-corrected chi connectivity index (χ2v) is 9.37. The third kappa shape index (κ3) is 4.04. The topological polar surface area (TPSA) is 76.2 Å². The Kier molecular flexibility index (Phi) is 6.02. The number of ether oxygens (including phenoxy) is 2. The van der Waals surface area contributed by atoms with Gasteiger partial charge in [0.2, 0.25) is 0 Å². The van der Waals surface area contributed by atoms with Gasteiger partial charge in [0.1, 0.15) is 11.5 Å². The molecule has 2 aromatic rings. The summed E-state index contributed by atoms with van der Waals surface area (Å²) in [5, 5.41) is 0. The van der Waals surface area contributed by atoms with Crippen molar-refractivity contribution < 1.29 is 23.9 Å². The van der Waals surface area contributed by atoms with Gasteiger partial charge in [0.15, 0.2) is 0 Å². The van der Waals surface area contributed by atoms with E-state index < -0.39 is 0 Å². The third-order valence-corrected chi connectivity index (χ3v) is 7.18. The standard InChI is InChI=1S/C27H30N2O5/c1-33-21-11-13-24(34-2)18(14-21)16-28(19-9-10-19)25(30)17-8-12-22-23(15-17)27(32)29(26(22)31)20-6-4-3-5-7-20/h8,11-15,19-20H,3-7,9-10,16H2,1-2H3. The van der Waals surface area contributed by atoms with Crippen molar-refractivity contribution in [3.05, 3.63) is 58.7 Å². The summed E-state index contributed by atoms with van der Waals surface area (Å²) in [6.07, 6.45) is 6.81. The summed E-state index contributed by atoms with van der Waals surface area (Å²) in [6.45, 7) is 0.377. The SMILES string of the molecule is COc1ccc(OC)c(CN(C(=O)c2ccc3c(c2)C(=O)N(C2CCCCC2)C3=O)C2CC2)c1. The Morgan fingerprint density at radius 3 is 2.32 bits per heavy atom. The Labute approximate surface area is 199 Å². The Balaban J connectivity index is 1.41. The van der Waals surface area contributed by atoms with Crippen LogP contribution in [0.25, 0.3) is 0 Å². The van der Waals surface area contributed by atoms with Crippen molar-refractivity contribution in [2.24, 2.45) is 0 Å². The first-order valence-corrected chi connectivity index (χ1v) is 12.1. The molecule has 1 aliphatic heterocycles. The van der Waals surface area contributed by atoms with Crippen LogP contribution in [0.4, 0.5) is 0 Å². The molecule has 7 nitrogen and oxygen atoms in total. The molecule has 0 bridgehead atoms. The molecule has 0 atom stereocenters. The predicted molar refractivity (Wildman–Crippen MR) is 126 cm³/mol. The predicted octanol–water partition coefficient (Wildman–Crippen LogP) is 4.44. The van der Waals surface area contributed by atoms with Gasteiger partial charge < -0.3 is 14.4 Å². The molecule has 2 saturated carbocycles. The van der Waals surface area contributed by atoms with Gasteiger partial charge in [0, 0.05) is 23.2 Å². The van der Waals surface area contributed by atoms with E-state index in [1.54, 1.807) is 32.4 Å². The molecule has 1 heterocycles.